The van der Waals surface area contributed by atoms with E-state index in [0.29, 0.717) is 28.6 Å². The zero-order valence-electron chi connectivity index (χ0n) is 17.8. The van der Waals surface area contributed by atoms with Gasteiger partial charge in [0.05, 0.1) is 30.4 Å². The molecule has 7 nitrogen and oxygen atoms in total. The first-order chi connectivity index (χ1) is 14.9. The predicted octanol–water partition coefficient (Wildman–Crippen LogP) is 4.74. The van der Waals surface area contributed by atoms with Crippen LogP contribution in [0.1, 0.15) is 23.4 Å². The van der Waals surface area contributed by atoms with Gasteiger partial charge in [-0.3, -0.25) is 4.79 Å². The van der Waals surface area contributed by atoms with Crippen molar-refractivity contribution in [2.24, 2.45) is 0 Å². The molecule has 0 aliphatic heterocycles. The van der Waals surface area contributed by atoms with Gasteiger partial charge in [-0.05, 0) is 44.0 Å². The molecule has 1 N–H and O–H groups in total. The lowest BCUT2D eigenvalue weighted by atomic mass is 10.1. The summed E-state index contributed by atoms with van der Waals surface area (Å²) in [5.41, 5.74) is 5.12. The largest absolute Gasteiger partial charge is 0.495 e. The van der Waals surface area contributed by atoms with Gasteiger partial charge in [0.15, 0.2) is 5.65 Å². The number of halogens is 1. The molecule has 0 aliphatic carbocycles. The summed E-state index contributed by atoms with van der Waals surface area (Å²) < 4.78 is 12.4. The molecule has 4 rings (SSSR count). The van der Waals surface area contributed by atoms with Gasteiger partial charge in [-0.15, -0.1) is 0 Å². The summed E-state index contributed by atoms with van der Waals surface area (Å²) in [6.07, 6.45) is 0.817. The number of methoxy groups -OCH3 is 2. The maximum atomic E-state index is 12.7. The van der Waals surface area contributed by atoms with Crippen molar-refractivity contribution in [1.82, 2.24) is 14.6 Å². The second kappa shape index (κ2) is 8.43. The Labute approximate surface area is 184 Å². The number of nitrogens with zero attached hydrogens (tertiary/aromatic N) is 3. The molecule has 0 unspecified atom stereocenters. The number of fused-ring (bicyclic) bond motifs is 3. The molecule has 0 fully saturated rings. The van der Waals surface area contributed by atoms with E-state index < -0.39 is 0 Å². The second-order valence-corrected chi connectivity index (χ2v) is 7.66. The van der Waals surface area contributed by atoms with Crippen LogP contribution in [-0.2, 0) is 11.2 Å². The van der Waals surface area contributed by atoms with Crippen molar-refractivity contribution < 1.29 is 14.3 Å². The molecule has 8 heteroatoms. The first kappa shape index (κ1) is 20.9. The van der Waals surface area contributed by atoms with E-state index in [0.717, 1.165) is 33.5 Å². The van der Waals surface area contributed by atoms with Gasteiger partial charge in [0.1, 0.15) is 11.5 Å². The van der Waals surface area contributed by atoms with E-state index in [1.165, 1.54) is 14.2 Å². The van der Waals surface area contributed by atoms with E-state index in [2.05, 4.69) is 10.4 Å². The van der Waals surface area contributed by atoms with Gasteiger partial charge >= 0.3 is 0 Å². The molecule has 0 bridgehead atoms. The summed E-state index contributed by atoms with van der Waals surface area (Å²) in [4.78, 5) is 17.4. The van der Waals surface area contributed by atoms with Crippen LogP contribution in [0.4, 0.5) is 5.69 Å². The fraction of sp³-hybridized carbons (Fsp3) is 0.261. The second-order valence-electron chi connectivity index (χ2n) is 7.25. The Hall–Kier alpha value is -3.32. The van der Waals surface area contributed by atoms with Crippen molar-refractivity contribution in [2.75, 3.05) is 19.5 Å². The molecule has 2 heterocycles. The van der Waals surface area contributed by atoms with Crippen molar-refractivity contribution in [3.05, 3.63) is 58.4 Å². The molecule has 0 saturated heterocycles. The molecular weight excluding hydrogens is 416 g/mol. The highest BCUT2D eigenvalue weighted by atomic mass is 35.5. The predicted molar refractivity (Wildman–Crippen MR) is 121 cm³/mol. The SMILES string of the molecule is COc1cc(OC)c(NC(=O)CCc2c(C)nc3c4ccccc4nn3c2C)cc1Cl. The van der Waals surface area contributed by atoms with Gasteiger partial charge < -0.3 is 14.8 Å². The zero-order chi connectivity index (χ0) is 22.1. The van der Waals surface area contributed by atoms with Gasteiger partial charge in [0, 0.05) is 29.3 Å². The Balaban J connectivity index is 1.56. The van der Waals surface area contributed by atoms with Gasteiger partial charge in [-0.2, -0.15) is 5.10 Å². The highest BCUT2D eigenvalue weighted by Gasteiger charge is 2.16. The summed E-state index contributed by atoms with van der Waals surface area (Å²) in [5, 5.41) is 8.95. The number of aryl methyl sites for hydroxylation is 2. The van der Waals surface area contributed by atoms with Crippen molar-refractivity contribution in [3.8, 4) is 11.5 Å². The van der Waals surface area contributed by atoms with E-state index in [1.807, 2.05) is 42.6 Å². The standard InChI is InChI=1S/C23H23ClN4O3/c1-13-15(14(2)28-23(25-13)16-7-5-6-8-18(16)27-28)9-10-22(29)26-19-11-17(24)20(30-3)12-21(19)31-4/h5-8,11-12H,9-10H2,1-4H3,(H,26,29). The molecule has 1 amide bonds. The molecule has 0 radical (unpaired) electrons. The van der Waals surface area contributed by atoms with Crippen molar-refractivity contribution >= 4 is 39.7 Å². The number of aromatic nitrogens is 3. The molecule has 0 spiro atoms. The number of carbonyl (C=O) groups excluding carboxylic acids is 1. The third-order valence-corrected chi connectivity index (χ3v) is 5.66. The number of ether oxygens (including phenoxy) is 2. The average Bonchev–Trinajstić information content (AvgIpc) is 3.12. The van der Waals surface area contributed by atoms with Crippen LogP contribution in [0.5, 0.6) is 11.5 Å². The summed E-state index contributed by atoms with van der Waals surface area (Å²) >= 11 is 6.20. The van der Waals surface area contributed by atoms with E-state index in [4.69, 9.17) is 26.1 Å². The van der Waals surface area contributed by atoms with Crippen LogP contribution in [0.3, 0.4) is 0 Å². The molecule has 0 saturated carbocycles. The van der Waals surface area contributed by atoms with Gasteiger partial charge in [-0.25, -0.2) is 9.50 Å². The minimum absolute atomic E-state index is 0.149. The highest BCUT2D eigenvalue weighted by molar-refractivity contribution is 6.32. The van der Waals surface area contributed by atoms with Crippen LogP contribution < -0.4 is 14.8 Å². The lowest BCUT2D eigenvalue weighted by Crippen LogP contribution is -2.15. The third kappa shape index (κ3) is 3.88. The molecule has 2 aromatic heterocycles. The van der Waals surface area contributed by atoms with Gasteiger partial charge in [0.25, 0.3) is 0 Å². The van der Waals surface area contributed by atoms with Gasteiger partial charge in [0.2, 0.25) is 5.91 Å². The maximum Gasteiger partial charge on any atom is 0.224 e. The van der Waals surface area contributed by atoms with Gasteiger partial charge in [-0.1, -0.05) is 23.7 Å². The lowest BCUT2D eigenvalue weighted by molar-refractivity contribution is -0.116. The quantitative estimate of drug-likeness (QED) is 0.470. The van der Waals surface area contributed by atoms with Crippen LogP contribution in [0.25, 0.3) is 16.6 Å². The van der Waals surface area contributed by atoms with Crippen LogP contribution in [-0.4, -0.2) is 34.7 Å². The molecule has 31 heavy (non-hydrogen) atoms. The molecule has 0 aliphatic rings. The summed E-state index contributed by atoms with van der Waals surface area (Å²) in [7, 11) is 3.05. The minimum Gasteiger partial charge on any atom is -0.495 e. The smallest absolute Gasteiger partial charge is 0.224 e. The first-order valence-corrected chi connectivity index (χ1v) is 10.3. The number of rotatable bonds is 6. The van der Waals surface area contributed by atoms with Crippen molar-refractivity contribution in [3.63, 3.8) is 0 Å². The molecule has 2 aromatic carbocycles. The van der Waals surface area contributed by atoms with Crippen molar-refractivity contribution in [2.45, 2.75) is 26.7 Å². The minimum atomic E-state index is -0.149. The Morgan fingerprint density at radius 3 is 2.61 bits per heavy atom. The number of carbonyl (C=O) groups is 1. The van der Waals surface area contributed by atoms with E-state index >= 15 is 0 Å². The topological polar surface area (TPSA) is 77.8 Å². The number of amides is 1. The zero-order valence-corrected chi connectivity index (χ0v) is 18.6. The molecule has 160 valence electrons. The Bertz CT molecular complexity index is 1300. The van der Waals surface area contributed by atoms with Crippen LogP contribution in [0.15, 0.2) is 36.4 Å². The number of benzene rings is 2. The highest BCUT2D eigenvalue weighted by Crippen LogP contribution is 2.36. The van der Waals surface area contributed by atoms with E-state index in [-0.39, 0.29) is 12.3 Å². The summed E-state index contributed by atoms with van der Waals surface area (Å²) in [6.45, 7) is 3.97. The lowest BCUT2D eigenvalue weighted by Gasteiger charge is -2.14. The fourth-order valence-electron chi connectivity index (χ4n) is 3.75. The fourth-order valence-corrected chi connectivity index (χ4v) is 3.99. The monoisotopic (exact) mass is 438 g/mol. The Kier molecular flexibility index (Phi) is 5.69. The van der Waals surface area contributed by atoms with E-state index in [1.54, 1.807) is 12.1 Å². The van der Waals surface area contributed by atoms with Crippen LogP contribution in [0.2, 0.25) is 5.02 Å². The van der Waals surface area contributed by atoms with Crippen molar-refractivity contribution in [1.29, 1.82) is 0 Å². The average molecular weight is 439 g/mol. The first-order valence-electron chi connectivity index (χ1n) is 9.88. The molecular formula is C23H23ClN4O3. The Morgan fingerprint density at radius 1 is 1.13 bits per heavy atom. The maximum absolute atomic E-state index is 12.7. The Morgan fingerprint density at radius 2 is 1.87 bits per heavy atom. The molecule has 4 aromatic rings. The summed E-state index contributed by atoms with van der Waals surface area (Å²) in [5.74, 6) is 0.811. The number of anilines is 1. The van der Waals surface area contributed by atoms with Crippen LogP contribution in [0, 0.1) is 13.8 Å². The number of nitrogens with one attached hydrogen (secondary N) is 1. The number of hydrogen-bond acceptors (Lipinski definition) is 5. The van der Waals surface area contributed by atoms with E-state index in [9.17, 15) is 4.79 Å². The van der Waals surface area contributed by atoms with Crippen LogP contribution >= 0.6 is 11.6 Å². The number of hydrogen-bond donors (Lipinski definition) is 1. The third-order valence-electron chi connectivity index (χ3n) is 5.37. The molecule has 0 atom stereocenters. The summed E-state index contributed by atoms with van der Waals surface area (Å²) in [6, 6.07) is 11.2. The normalized spacial score (nSPS) is 11.1.